The van der Waals surface area contributed by atoms with E-state index in [1.807, 2.05) is 27.7 Å². The van der Waals surface area contributed by atoms with Gasteiger partial charge in [-0.05, 0) is 6.42 Å². The van der Waals surface area contributed by atoms with Crippen molar-refractivity contribution in [3.05, 3.63) is 5.82 Å². The van der Waals surface area contributed by atoms with Gasteiger partial charge in [-0.25, -0.2) is 9.78 Å². The van der Waals surface area contributed by atoms with Crippen molar-refractivity contribution in [1.29, 1.82) is 0 Å². The normalized spacial score (nSPS) is 11.4. The number of aromatic nitrogens is 3. The molecule has 0 spiro atoms. The highest BCUT2D eigenvalue weighted by Crippen LogP contribution is 2.23. The second-order valence-corrected chi connectivity index (χ2v) is 7.01. The highest BCUT2D eigenvalue weighted by molar-refractivity contribution is 7.99. The van der Waals surface area contributed by atoms with Gasteiger partial charge in [0.2, 0.25) is 0 Å². The van der Waals surface area contributed by atoms with E-state index in [1.165, 1.54) is 9.58 Å². The number of amides is 1. The number of hydrogen-bond donors (Lipinski definition) is 0. The van der Waals surface area contributed by atoms with Crippen LogP contribution in [0.5, 0.6) is 0 Å². The Balaban J connectivity index is 2.94. The van der Waals surface area contributed by atoms with E-state index in [0.717, 1.165) is 18.2 Å². The van der Waals surface area contributed by atoms with E-state index >= 15 is 0 Å². The molecule has 1 rings (SSSR count). The molecule has 0 N–H and O–H groups in total. The molecular weight excluding hydrogens is 304 g/mol. The molecule has 1 aromatic heterocycles. The average Bonchev–Trinajstić information content (AvgIpc) is 2.85. The minimum atomic E-state index is -0.323. The van der Waals surface area contributed by atoms with Crippen molar-refractivity contribution in [2.45, 2.75) is 44.7 Å². The lowest BCUT2D eigenvalue weighted by atomic mass is 9.96. The van der Waals surface area contributed by atoms with Crippen molar-refractivity contribution in [2.75, 3.05) is 26.5 Å². The van der Waals surface area contributed by atoms with E-state index in [2.05, 4.69) is 10.1 Å². The summed E-state index contributed by atoms with van der Waals surface area (Å²) < 4.78 is 6.26. The number of rotatable bonds is 5. The van der Waals surface area contributed by atoms with Crippen LogP contribution < -0.4 is 0 Å². The largest absolute Gasteiger partial charge is 0.465 e. The number of carbonyl (C=O) groups is 2. The second kappa shape index (κ2) is 7.62. The third-order valence-electron chi connectivity index (χ3n) is 2.60. The fraction of sp³-hybridized carbons (Fsp3) is 0.714. The molecule has 0 aliphatic rings. The summed E-state index contributed by atoms with van der Waals surface area (Å²) in [6.45, 7) is 8.24. The quantitative estimate of drug-likeness (QED) is 0.609. The minimum Gasteiger partial charge on any atom is -0.465 e. The van der Waals surface area contributed by atoms with Gasteiger partial charge in [-0.1, -0.05) is 39.5 Å². The molecule has 0 aliphatic carbocycles. The van der Waals surface area contributed by atoms with Crippen LogP contribution in [-0.4, -0.2) is 58.1 Å². The number of hydrogen-bond acceptors (Lipinski definition) is 6. The van der Waals surface area contributed by atoms with E-state index in [9.17, 15) is 9.59 Å². The molecule has 1 heterocycles. The first-order valence-electron chi connectivity index (χ1n) is 7.14. The summed E-state index contributed by atoms with van der Waals surface area (Å²) >= 11 is 1.16. The van der Waals surface area contributed by atoms with Crippen LogP contribution in [0.1, 0.15) is 39.9 Å². The number of esters is 1. The molecule has 0 radical (unpaired) electrons. The van der Waals surface area contributed by atoms with Crippen LogP contribution >= 0.6 is 11.8 Å². The first-order chi connectivity index (χ1) is 10.2. The molecule has 0 unspecified atom stereocenters. The summed E-state index contributed by atoms with van der Waals surface area (Å²) in [4.78, 5) is 29.6. The molecule has 0 bridgehead atoms. The Morgan fingerprint density at radius 3 is 2.45 bits per heavy atom. The second-order valence-electron chi connectivity index (χ2n) is 6.07. The zero-order valence-corrected chi connectivity index (χ0v) is 14.9. The van der Waals surface area contributed by atoms with Crippen LogP contribution in [-0.2, 0) is 14.9 Å². The van der Waals surface area contributed by atoms with Crippen LogP contribution in [0.2, 0.25) is 0 Å². The van der Waals surface area contributed by atoms with Crippen molar-refractivity contribution >= 4 is 23.8 Å². The van der Waals surface area contributed by atoms with Gasteiger partial charge in [0.15, 0.2) is 11.0 Å². The molecule has 0 fully saturated rings. The van der Waals surface area contributed by atoms with Crippen molar-refractivity contribution < 1.29 is 14.3 Å². The molecule has 0 saturated heterocycles. The number of carbonyl (C=O) groups excluding carboxylic acids is 2. The number of ether oxygens (including phenoxy) is 1. The Hall–Kier alpha value is -1.57. The van der Waals surface area contributed by atoms with Crippen molar-refractivity contribution in [3.63, 3.8) is 0 Å². The predicted molar refractivity (Wildman–Crippen MR) is 85.2 cm³/mol. The Kier molecular flexibility index (Phi) is 6.40. The summed E-state index contributed by atoms with van der Waals surface area (Å²) in [6, 6.07) is -0.299. The maximum atomic E-state index is 12.2. The zero-order chi connectivity index (χ0) is 16.9. The van der Waals surface area contributed by atoms with Crippen LogP contribution in [0, 0.1) is 0 Å². The van der Waals surface area contributed by atoms with Gasteiger partial charge in [-0.15, -0.1) is 5.10 Å². The Morgan fingerprint density at radius 1 is 1.32 bits per heavy atom. The third-order valence-corrected chi connectivity index (χ3v) is 3.50. The molecule has 8 heteroatoms. The van der Waals surface area contributed by atoms with Crippen LogP contribution in [0.3, 0.4) is 0 Å². The van der Waals surface area contributed by atoms with E-state index in [4.69, 9.17) is 4.74 Å². The van der Waals surface area contributed by atoms with Gasteiger partial charge in [0.05, 0.1) is 12.4 Å². The smallest absolute Gasteiger partial charge is 0.346 e. The lowest BCUT2D eigenvalue weighted by Crippen LogP contribution is -2.29. The lowest BCUT2D eigenvalue weighted by Gasteiger charge is -2.13. The van der Waals surface area contributed by atoms with Crippen LogP contribution in [0.25, 0.3) is 0 Å². The summed E-state index contributed by atoms with van der Waals surface area (Å²) in [5, 5.41) is 4.68. The SMILES string of the molecule is CCCOC(=O)CSc1nc(C(C)(C)C)nn1C(=O)N(C)C. The molecule has 22 heavy (non-hydrogen) atoms. The summed E-state index contributed by atoms with van der Waals surface area (Å²) in [5.41, 5.74) is -0.282. The topological polar surface area (TPSA) is 77.3 Å². The van der Waals surface area contributed by atoms with Crippen LogP contribution in [0.15, 0.2) is 5.16 Å². The number of nitrogens with zero attached hydrogens (tertiary/aromatic N) is 4. The van der Waals surface area contributed by atoms with Crippen molar-refractivity contribution in [1.82, 2.24) is 19.7 Å². The standard InChI is InChI=1S/C14H24N4O3S/c1-7-8-21-10(19)9-22-12-15-11(14(2,3)4)16-18(12)13(20)17(5)6/h7-9H2,1-6H3. The molecule has 124 valence electrons. The molecule has 0 aliphatic heterocycles. The fourth-order valence-corrected chi connectivity index (χ4v) is 2.13. The summed E-state index contributed by atoms with van der Waals surface area (Å²) in [5.74, 6) is 0.339. The maximum Gasteiger partial charge on any atom is 0.346 e. The van der Waals surface area contributed by atoms with Gasteiger partial charge in [-0.2, -0.15) is 4.68 Å². The molecule has 0 saturated carbocycles. The Bertz CT molecular complexity index is 535. The summed E-state index contributed by atoms with van der Waals surface area (Å²) in [7, 11) is 3.29. The fourth-order valence-electron chi connectivity index (χ4n) is 1.40. The molecule has 1 amide bonds. The number of thioether (sulfide) groups is 1. The van der Waals surface area contributed by atoms with Gasteiger partial charge >= 0.3 is 12.0 Å². The molecule has 1 aromatic rings. The first-order valence-corrected chi connectivity index (χ1v) is 8.13. The molecule has 0 atom stereocenters. The Labute approximate surface area is 135 Å². The Morgan fingerprint density at radius 2 is 1.95 bits per heavy atom. The van der Waals surface area contributed by atoms with E-state index in [-0.39, 0.29) is 23.2 Å². The molecule has 0 aromatic carbocycles. The molecular formula is C14H24N4O3S. The summed E-state index contributed by atoms with van der Waals surface area (Å²) in [6.07, 6.45) is 0.778. The highest BCUT2D eigenvalue weighted by atomic mass is 32.2. The first kappa shape index (κ1) is 18.5. The van der Waals surface area contributed by atoms with Gasteiger partial charge in [-0.3, -0.25) is 4.79 Å². The lowest BCUT2D eigenvalue weighted by molar-refractivity contribution is -0.140. The third kappa shape index (κ3) is 5.01. The van der Waals surface area contributed by atoms with Gasteiger partial charge in [0.25, 0.3) is 0 Å². The zero-order valence-electron chi connectivity index (χ0n) is 14.0. The van der Waals surface area contributed by atoms with Gasteiger partial charge in [0.1, 0.15) is 0 Å². The van der Waals surface area contributed by atoms with Gasteiger partial charge < -0.3 is 9.64 Å². The monoisotopic (exact) mass is 328 g/mol. The van der Waals surface area contributed by atoms with Gasteiger partial charge in [0, 0.05) is 19.5 Å². The van der Waals surface area contributed by atoms with E-state index in [1.54, 1.807) is 14.1 Å². The van der Waals surface area contributed by atoms with Crippen LogP contribution in [0.4, 0.5) is 4.79 Å². The predicted octanol–water partition coefficient (Wildman–Crippen LogP) is 2.15. The maximum absolute atomic E-state index is 12.2. The molecule has 7 nitrogen and oxygen atoms in total. The van der Waals surface area contributed by atoms with Crippen molar-refractivity contribution in [2.24, 2.45) is 0 Å². The highest BCUT2D eigenvalue weighted by Gasteiger charge is 2.25. The van der Waals surface area contributed by atoms with E-state index in [0.29, 0.717) is 17.6 Å². The minimum absolute atomic E-state index is 0.100. The average molecular weight is 328 g/mol. The van der Waals surface area contributed by atoms with E-state index < -0.39 is 0 Å². The van der Waals surface area contributed by atoms with Crippen molar-refractivity contribution in [3.8, 4) is 0 Å².